The number of sulfonamides is 1. The Labute approximate surface area is 158 Å². The van der Waals surface area contributed by atoms with Crippen molar-refractivity contribution in [2.45, 2.75) is 24.7 Å². The highest BCUT2D eigenvalue weighted by atomic mass is 35.5. The fraction of sp³-hybridized carbons (Fsp3) is 0.278. The van der Waals surface area contributed by atoms with Crippen LogP contribution >= 0.6 is 11.6 Å². The molecule has 8 heteroatoms. The zero-order valence-corrected chi connectivity index (χ0v) is 16.2. The van der Waals surface area contributed by atoms with E-state index in [4.69, 9.17) is 16.3 Å². The van der Waals surface area contributed by atoms with Crippen molar-refractivity contribution >= 4 is 33.2 Å². The number of hydrogen-bond donors (Lipinski definition) is 2. The zero-order chi connectivity index (χ0) is 19.2. The van der Waals surface area contributed by atoms with Crippen LogP contribution in [0, 0.1) is 0 Å². The van der Waals surface area contributed by atoms with Crippen molar-refractivity contribution in [2.75, 3.05) is 19.0 Å². The van der Waals surface area contributed by atoms with Gasteiger partial charge in [0.2, 0.25) is 10.0 Å². The summed E-state index contributed by atoms with van der Waals surface area (Å²) >= 11 is 5.95. The Hall–Kier alpha value is -2.09. The molecule has 2 N–H and O–H groups in total. The van der Waals surface area contributed by atoms with Crippen molar-refractivity contribution in [1.82, 2.24) is 4.72 Å². The number of hydrogen-bond acceptors (Lipinski definition) is 4. The predicted octanol–water partition coefficient (Wildman–Crippen LogP) is 3.68. The molecule has 0 aliphatic carbocycles. The Balaban J connectivity index is 2.22. The largest absolute Gasteiger partial charge is 0.495 e. The van der Waals surface area contributed by atoms with E-state index in [1.807, 2.05) is 6.92 Å². The molecule has 0 radical (unpaired) electrons. The van der Waals surface area contributed by atoms with Gasteiger partial charge in [-0.15, -0.1) is 0 Å². The number of halogens is 1. The average Bonchev–Trinajstić information content (AvgIpc) is 2.62. The average molecular weight is 397 g/mol. The molecule has 1 amide bonds. The van der Waals surface area contributed by atoms with Gasteiger partial charge in [0.15, 0.2) is 0 Å². The number of anilines is 1. The first-order valence-corrected chi connectivity index (χ1v) is 9.98. The molecule has 0 spiro atoms. The summed E-state index contributed by atoms with van der Waals surface area (Å²) in [7, 11) is -2.18. The molecule has 6 nitrogen and oxygen atoms in total. The van der Waals surface area contributed by atoms with Crippen LogP contribution in [-0.4, -0.2) is 28.0 Å². The quantitative estimate of drug-likeness (QED) is 0.666. The summed E-state index contributed by atoms with van der Waals surface area (Å²) in [5, 5.41) is 3.13. The van der Waals surface area contributed by atoms with Crippen LogP contribution in [0.1, 0.15) is 30.1 Å². The SMILES string of the molecule is CCCCNS(=O)(=O)c1cccc(C(=O)Nc2cc(Cl)ccc2OC)c1. The minimum atomic E-state index is -3.66. The summed E-state index contributed by atoms with van der Waals surface area (Å²) in [6, 6.07) is 10.7. The number of amides is 1. The maximum absolute atomic E-state index is 12.5. The first-order chi connectivity index (χ1) is 12.4. The van der Waals surface area contributed by atoms with Gasteiger partial charge in [0.05, 0.1) is 17.7 Å². The Kier molecular flexibility index (Phi) is 7.02. The molecule has 0 aliphatic heterocycles. The van der Waals surface area contributed by atoms with E-state index in [0.29, 0.717) is 23.0 Å². The van der Waals surface area contributed by atoms with Crippen LogP contribution in [0.15, 0.2) is 47.4 Å². The molecule has 0 heterocycles. The van der Waals surface area contributed by atoms with Crippen LogP contribution in [0.2, 0.25) is 5.02 Å². The Bertz CT molecular complexity index is 885. The van der Waals surface area contributed by atoms with Gasteiger partial charge in [-0.2, -0.15) is 0 Å². The second-order valence-corrected chi connectivity index (χ2v) is 7.78. The minimum Gasteiger partial charge on any atom is -0.495 e. The second-order valence-electron chi connectivity index (χ2n) is 5.58. The standard InChI is InChI=1S/C18H21ClN2O4S/c1-3-4-10-20-26(23,24)15-7-5-6-13(11-15)18(22)21-16-12-14(19)8-9-17(16)25-2/h5-9,11-12,20H,3-4,10H2,1-2H3,(H,21,22). The van der Waals surface area contributed by atoms with E-state index in [1.165, 1.54) is 31.4 Å². The van der Waals surface area contributed by atoms with Gasteiger partial charge in [0, 0.05) is 17.1 Å². The fourth-order valence-corrected chi connectivity index (χ4v) is 3.54. The molecule has 0 aliphatic rings. The zero-order valence-electron chi connectivity index (χ0n) is 14.6. The first-order valence-electron chi connectivity index (χ1n) is 8.12. The van der Waals surface area contributed by atoms with E-state index in [0.717, 1.165) is 12.8 Å². The van der Waals surface area contributed by atoms with Crippen molar-refractivity contribution in [2.24, 2.45) is 0 Å². The molecule has 0 bridgehead atoms. The van der Waals surface area contributed by atoms with Crippen LogP contribution < -0.4 is 14.8 Å². The van der Waals surface area contributed by atoms with Crippen molar-refractivity contribution in [1.29, 1.82) is 0 Å². The molecular weight excluding hydrogens is 376 g/mol. The van der Waals surface area contributed by atoms with E-state index < -0.39 is 15.9 Å². The van der Waals surface area contributed by atoms with Crippen LogP contribution in [0.5, 0.6) is 5.75 Å². The topological polar surface area (TPSA) is 84.5 Å². The number of carbonyl (C=O) groups excluding carboxylic acids is 1. The lowest BCUT2D eigenvalue weighted by Crippen LogP contribution is -2.25. The summed E-state index contributed by atoms with van der Waals surface area (Å²) in [5.41, 5.74) is 0.615. The van der Waals surface area contributed by atoms with Crippen LogP contribution in [0.3, 0.4) is 0 Å². The number of carbonyl (C=O) groups is 1. The molecule has 0 saturated carbocycles. The molecule has 2 aromatic rings. The van der Waals surface area contributed by atoms with Gasteiger partial charge in [-0.25, -0.2) is 13.1 Å². The van der Waals surface area contributed by atoms with E-state index in [1.54, 1.807) is 18.2 Å². The summed E-state index contributed by atoms with van der Waals surface area (Å²) in [6.07, 6.45) is 1.63. The maximum atomic E-state index is 12.5. The molecule has 0 saturated heterocycles. The molecule has 140 valence electrons. The third kappa shape index (κ3) is 5.20. The lowest BCUT2D eigenvalue weighted by molar-refractivity contribution is 0.102. The monoisotopic (exact) mass is 396 g/mol. The summed E-state index contributed by atoms with van der Waals surface area (Å²) in [4.78, 5) is 12.5. The van der Waals surface area contributed by atoms with E-state index in [2.05, 4.69) is 10.0 Å². The van der Waals surface area contributed by atoms with Gasteiger partial charge in [-0.05, 0) is 42.8 Å². The van der Waals surface area contributed by atoms with Crippen molar-refractivity contribution < 1.29 is 17.9 Å². The summed E-state index contributed by atoms with van der Waals surface area (Å²) in [6.45, 7) is 2.33. The van der Waals surface area contributed by atoms with E-state index >= 15 is 0 Å². The van der Waals surface area contributed by atoms with Crippen LogP contribution in [-0.2, 0) is 10.0 Å². The van der Waals surface area contributed by atoms with Crippen molar-refractivity contribution in [3.8, 4) is 5.75 Å². The molecule has 0 fully saturated rings. The third-order valence-corrected chi connectivity index (χ3v) is 5.33. The predicted molar refractivity (Wildman–Crippen MR) is 102 cm³/mol. The number of unbranched alkanes of at least 4 members (excludes halogenated alkanes) is 1. The lowest BCUT2D eigenvalue weighted by Gasteiger charge is -2.11. The van der Waals surface area contributed by atoms with Crippen molar-refractivity contribution in [3.05, 3.63) is 53.1 Å². The molecule has 2 rings (SSSR count). The number of methoxy groups -OCH3 is 1. The van der Waals surface area contributed by atoms with Gasteiger partial charge >= 0.3 is 0 Å². The summed E-state index contributed by atoms with van der Waals surface area (Å²) in [5.74, 6) is -0.0102. The molecular formula is C18H21ClN2O4S. The number of benzene rings is 2. The Morgan fingerprint density at radius 3 is 2.65 bits per heavy atom. The summed E-state index contributed by atoms with van der Waals surface area (Å²) < 4.78 is 32.3. The maximum Gasteiger partial charge on any atom is 0.255 e. The van der Waals surface area contributed by atoms with Gasteiger partial charge in [0.1, 0.15) is 5.75 Å². The van der Waals surface area contributed by atoms with Gasteiger partial charge < -0.3 is 10.1 Å². The lowest BCUT2D eigenvalue weighted by atomic mass is 10.2. The molecule has 26 heavy (non-hydrogen) atoms. The number of nitrogens with one attached hydrogen (secondary N) is 2. The smallest absolute Gasteiger partial charge is 0.255 e. The fourth-order valence-electron chi connectivity index (χ4n) is 2.24. The number of rotatable bonds is 8. The highest BCUT2D eigenvalue weighted by Crippen LogP contribution is 2.28. The van der Waals surface area contributed by atoms with Gasteiger partial charge in [-0.3, -0.25) is 4.79 Å². The molecule has 0 atom stereocenters. The minimum absolute atomic E-state index is 0.0410. The van der Waals surface area contributed by atoms with Crippen molar-refractivity contribution in [3.63, 3.8) is 0 Å². The Morgan fingerprint density at radius 2 is 1.96 bits per heavy atom. The third-order valence-electron chi connectivity index (χ3n) is 3.64. The normalized spacial score (nSPS) is 11.2. The molecule has 0 unspecified atom stereocenters. The second kappa shape index (κ2) is 9.02. The molecule has 0 aromatic heterocycles. The highest BCUT2D eigenvalue weighted by Gasteiger charge is 2.16. The highest BCUT2D eigenvalue weighted by molar-refractivity contribution is 7.89. The van der Waals surface area contributed by atoms with Gasteiger partial charge in [-0.1, -0.05) is 31.0 Å². The van der Waals surface area contributed by atoms with E-state index in [-0.39, 0.29) is 10.5 Å². The van der Waals surface area contributed by atoms with E-state index in [9.17, 15) is 13.2 Å². The van der Waals surface area contributed by atoms with Crippen LogP contribution in [0.4, 0.5) is 5.69 Å². The molecule has 2 aromatic carbocycles. The van der Waals surface area contributed by atoms with Gasteiger partial charge in [0.25, 0.3) is 5.91 Å². The van der Waals surface area contributed by atoms with Crippen LogP contribution in [0.25, 0.3) is 0 Å². The Morgan fingerprint density at radius 1 is 1.19 bits per heavy atom. The number of ether oxygens (including phenoxy) is 1. The first kappa shape index (κ1) is 20.2.